The van der Waals surface area contributed by atoms with Crippen LogP contribution >= 0.6 is 15.9 Å². The quantitative estimate of drug-likeness (QED) is 0.267. The molecule has 7 nitrogen and oxygen atoms in total. The molecule has 0 bridgehead atoms. The Morgan fingerprint density at radius 2 is 1.76 bits per heavy atom. The van der Waals surface area contributed by atoms with Gasteiger partial charge in [-0.2, -0.15) is 0 Å². The van der Waals surface area contributed by atoms with E-state index in [0.29, 0.717) is 17.1 Å². The predicted octanol–water partition coefficient (Wildman–Crippen LogP) is 6.93. The highest BCUT2D eigenvalue weighted by Gasteiger charge is 2.50. The fraction of sp³-hybridized carbons (Fsp3) is 0.394. The van der Waals surface area contributed by atoms with Crippen LogP contribution in [0, 0.1) is 0 Å². The number of nitrogens with zero attached hydrogens (tertiary/aromatic N) is 2. The largest absolute Gasteiger partial charge is 0.492 e. The van der Waals surface area contributed by atoms with Crippen molar-refractivity contribution in [2.45, 2.75) is 64.3 Å². The molecule has 5 rings (SSSR count). The third-order valence-corrected chi connectivity index (χ3v) is 8.37. The van der Waals surface area contributed by atoms with Gasteiger partial charge in [-0.15, -0.1) is 0 Å². The minimum absolute atomic E-state index is 0.120. The van der Waals surface area contributed by atoms with Crippen molar-refractivity contribution in [3.05, 3.63) is 87.9 Å². The lowest BCUT2D eigenvalue weighted by atomic mass is 9.83. The average Bonchev–Trinajstić information content (AvgIpc) is 2.96. The maximum atomic E-state index is 13.8. The Labute approximate surface area is 250 Å². The summed E-state index contributed by atoms with van der Waals surface area (Å²) in [6.07, 6.45) is 2.90. The van der Waals surface area contributed by atoms with Crippen LogP contribution < -0.4 is 14.4 Å². The van der Waals surface area contributed by atoms with Crippen molar-refractivity contribution in [1.29, 1.82) is 0 Å². The summed E-state index contributed by atoms with van der Waals surface area (Å²) >= 11 is 3.55. The van der Waals surface area contributed by atoms with Crippen molar-refractivity contribution in [3.8, 4) is 11.5 Å². The molecule has 0 radical (unpaired) electrons. The third-order valence-electron chi connectivity index (χ3n) is 7.88. The van der Waals surface area contributed by atoms with Gasteiger partial charge < -0.3 is 19.1 Å². The van der Waals surface area contributed by atoms with Gasteiger partial charge in [-0.3, -0.25) is 14.5 Å². The Hall–Kier alpha value is -3.36. The van der Waals surface area contributed by atoms with Crippen LogP contribution in [0.15, 0.2) is 71.2 Å². The molecule has 2 aliphatic rings. The van der Waals surface area contributed by atoms with Crippen LogP contribution in [0.5, 0.6) is 11.5 Å². The molecular weight excluding hydrogens is 584 g/mol. The number of ether oxygens (including phenoxy) is 3. The summed E-state index contributed by atoms with van der Waals surface area (Å²) in [6, 6.07) is 20.8. The molecule has 2 atom stereocenters. The van der Waals surface area contributed by atoms with Crippen LogP contribution in [0.25, 0.3) is 0 Å². The zero-order valence-corrected chi connectivity index (χ0v) is 25.6. The Kier molecular flexibility index (Phi) is 8.71. The molecule has 0 aromatic heterocycles. The monoisotopic (exact) mass is 620 g/mol. The number of hydrogen-bond acceptors (Lipinski definition) is 6. The molecule has 2 aliphatic heterocycles. The van der Waals surface area contributed by atoms with E-state index >= 15 is 0 Å². The van der Waals surface area contributed by atoms with Gasteiger partial charge in [0.1, 0.15) is 5.60 Å². The highest BCUT2D eigenvalue weighted by molar-refractivity contribution is 9.10. The Balaban J connectivity index is 1.60. The van der Waals surface area contributed by atoms with Gasteiger partial charge in [0, 0.05) is 33.8 Å². The van der Waals surface area contributed by atoms with E-state index in [1.165, 1.54) is 13.3 Å². The zero-order chi connectivity index (χ0) is 29.1. The van der Waals surface area contributed by atoms with E-state index in [0.717, 1.165) is 47.2 Å². The molecule has 0 unspecified atom stereocenters. The molecule has 0 N–H and O–H groups in total. The number of anilines is 1. The molecular formula is C33H37BrN2O5. The molecule has 0 spiro atoms. The van der Waals surface area contributed by atoms with E-state index in [1.54, 1.807) is 12.0 Å². The number of piperidine rings is 1. The molecule has 3 aromatic rings. The van der Waals surface area contributed by atoms with Gasteiger partial charge in [0.15, 0.2) is 17.6 Å². The summed E-state index contributed by atoms with van der Waals surface area (Å²) < 4.78 is 19.5. The molecule has 41 heavy (non-hydrogen) atoms. The van der Waals surface area contributed by atoms with Gasteiger partial charge >= 0.3 is 5.97 Å². The highest BCUT2D eigenvalue weighted by Crippen LogP contribution is 2.50. The number of fused-ring (bicyclic) bond motifs is 1. The first-order valence-corrected chi connectivity index (χ1v) is 14.9. The summed E-state index contributed by atoms with van der Waals surface area (Å²) in [6.45, 7) is 7.47. The lowest BCUT2D eigenvalue weighted by Gasteiger charge is -2.49. The summed E-state index contributed by atoms with van der Waals surface area (Å²) in [4.78, 5) is 30.2. The van der Waals surface area contributed by atoms with Crippen LogP contribution in [0.3, 0.4) is 0 Å². The normalized spacial score (nSPS) is 19.9. The Morgan fingerprint density at radius 3 is 2.41 bits per heavy atom. The molecule has 1 fully saturated rings. The van der Waals surface area contributed by atoms with E-state index in [2.05, 4.69) is 20.8 Å². The minimum atomic E-state index is -0.809. The second kappa shape index (κ2) is 12.2. The lowest BCUT2D eigenvalue weighted by molar-refractivity contribution is -0.170. The molecule has 1 amide bonds. The summed E-state index contributed by atoms with van der Waals surface area (Å²) in [5.41, 5.74) is 2.29. The highest BCUT2D eigenvalue weighted by atomic mass is 79.9. The van der Waals surface area contributed by atoms with Crippen LogP contribution in [0.4, 0.5) is 5.69 Å². The van der Waals surface area contributed by atoms with Crippen molar-refractivity contribution in [2.24, 2.45) is 0 Å². The number of esters is 1. The Morgan fingerprint density at radius 1 is 1.02 bits per heavy atom. The SMILES string of the molecule is COc1c(CN(C(=O)c2ccccc2)c2cccc(Br)c2)ccc2c1OC(C)(C)[C@H](OC(C)=O)[C@H]2N1CCCCC1. The molecule has 8 heteroatoms. The van der Waals surface area contributed by atoms with Crippen LogP contribution in [0.2, 0.25) is 0 Å². The summed E-state index contributed by atoms with van der Waals surface area (Å²) in [5, 5.41) is 0. The topological polar surface area (TPSA) is 68.3 Å². The molecule has 1 saturated heterocycles. The van der Waals surface area contributed by atoms with E-state index in [-0.39, 0.29) is 24.5 Å². The first kappa shape index (κ1) is 29.1. The van der Waals surface area contributed by atoms with Crippen molar-refractivity contribution in [2.75, 3.05) is 25.1 Å². The molecule has 0 saturated carbocycles. The first-order valence-electron chi connectivity index (χ1n) is 14.1. The second-order valence-corrected chi connectivity index (χ2v) is 12.1. The molecule has 2 heterocycles. The average molecular weight is 622 g/mol. The minimum Gasteiger partial charge on any atom is -0.492 e. The summed E-state index contributed by atoms with van der Waals surface area (Å²) in [7, 11) is 1.63. The van der Waals surface area contributed by atoms with Crippen LogP contribution in [-0.4, -0.2) is 48.7 Å². The van der Waals surface area contributed by atoms with Crippen molar-refractivity contribution in [3.63, 3.8) is 0 Å². The number of benzene rings is 3. The van der Waals surface area contributed by atoms with Crippen LogP contribution in [-0.2, 0) is 16.1 Å². The van der Waals surface area contributed by atoms with Gasteiger partial charge in [-0.25, -0.2) is 0 Å². The van der Waals surface area contributed by atoms with Crippen molar-refractivity contribution < 1.29 is 23.8 Å². The standard InChI is InChI=1S/C33H37BrN2O5/c1-22(37)40-31-28(35-18-9-6-10-19-35)27-17-16-24(29(39-4)30(27)41-33(31,2)3)21-36(26-15-11-14-25(34)20-26)32(38)23-12-7-5-8-13-23/h5,7-8,11-17,20,28,31H,6,9-10,18-19,21H2,1-4H3/t28-,31+/m0/s1. The number of methoxy groups -OCH3 is 1. The fourth-order valence-corrected chi connectivity index (χ4v) is 6.36. The Bertz CT molecular complexity index is 1400. The number of hydrogen-bond donors (Lipinski definition) is 0. The van der Waals surface area contributed by atoms with Crippen molar-refractivity contribution >= 4 is 33.5 Å². The summed E-state index contributed by atoms with van der Waals surface area (Å²) in [5.74, 6) is 0.769. The zero-order valence-electron chi connectivity index (χ0n) is 24.1. The van der Waals surface area contributed by atoms with Gasteiger partial charge in [-0.05, 0) is 70.1 Å². The first-order chi connectivity index (χ1) is 19.7. The number of rotatable bonds is 7. The number of halogens is 1. The maximum absolute atomic E-state index is 13.8. The van der Waals surface area contributed by atoms with Gasteiger partial charge in [0.05, 0.1) is 19.7 Å². The number of likely N-dealkylation sites (tertiary alicyclic amines) is 1. The van der Waals surface area contributed by atoms with E-state index in [4.69, 9.17) is 14.2 Å². The van der Waals surface area contributed by atoms with E-state index < -0.39 is 11.7 Å². The molecule has 0 aliphatic carbocycles. The van der Waals surface area contributed by atoms with Gasteiger partial charge in [0.2, 0.25) is 0 Å². The van der Waals surface area contributed by atoms with E-state index in [1.807, 2.05) is 80.6 Å². The van der Waals surface area contributed by atoms with E-state index in [9.17, 15) is 9.59 Å². The van der Waals surface area contributed by atoms with Gasteiger partial charge in [-0.1, -0.05) is 58.7 Å². The number of carbonyl (C=O) groups excluding carboxylic acids is 2. The lowest BCUT2D eigenvalue weighted by Crippen LogP contribution is -2.56. The predicted molar refractivity (Wildman–Crippen MR) is 163 cm³/mol. The smallest absolute Gasteiger partial charge is 0.303 e. The van der Waals surface area contributed by atoms with Gasteiger partial charge in [0.25, 0.3) is 5.91 Å². The molecule has 216 valence electrons. The second-order valence-electron chi connectivity index (χ2n) is 11.2. The maximum Gasteiger partial charge on any atom is 0.303 e. The third kappa shape index (κ3) is 6.14. The molecule has 3 aromatic carbocycles. The number of amides is 1. The van der Waals surface area contributed by atoms with Crippen LogP contribution in [0.1, 0.15) is 67.6 Å². The number of carbonyl (C=O) groups is 2. The fourth-order valence-electron chi connectivity index (χ4n) is 5.97. The van der Waals surface area contributed by atoms with Crippen molar-refractivity contribution in [1.82, 2.24) is 4.90 Å².